The van der Waals surface area contributed by atoms with Gasteiger partial charge < -0.3 is 15.0 Å². The van der Waals surface area contributed by atoms with E-state index in [0.29, 0.717) is 5.69 Å². The lowest BCUT2D eigenvalue weighted by molar-refractivity contribution is -0.144. The number of hydrogen-bond donors (Lipinski definition) is 1. The molecule has 6 heteroatoms. The number of halogens is 1. The summed E-state index contributed by atoms with van der Waals surface area (Å²) in [6.45, 7) is 8.16. The van der Waals surface area contributed by atoms with E-state index >= 15 is 0 Å². The van der Waals surface area contributed by atoms with Gasteiger partial charge in [-0.2, -0.15) is 0 Å². The number of esters is 1. The van der Waals surface area contributed by atoms with E-state index in [2.05, 4.69) is 5.32 Å². The summed E-state index contributed by atoms with van der Waals surface area (Å²) < 4.78 is 18.4. The molecule has 2 aromatic rings. The molecular weight excluding hydrogens is 371 g/mol. The number of aryl methyl sites for hydroxylation is 1. The standard InChI is InChI=1S/C23H29FN2O3/c1-5-29-22(27)14-21(16(2)3)26(15-18-9-11-19(24)12-10-18)23(28)25-20-8-6-7-17(4)13-20/h6-13,16,21H,5,14-15H2,1-4H3,(H,25,28)/t21-/m0/s1. The summed E-state index contributed by atoms with van der Waals surface area (Å²) in [6.07, 6.45) is 0.0912. The largest absolute Gasteiger partial charge is 0.466 e. The topological polar surface area (TPSA) is 58.6 Å². The number of carbonyl (C=O) groups excluding carboxylic acids is 2. The number of urea groups is 1. The molecular formula is C23H29FN2O3. The van der Waals surface area contributed by atoms with Gasteiger partial charge in [0, 0.05) is 18.3 Å². The van der Waals surface area contributed by atoms with Gasteiger partial charge in [0.05, 0.1) is 13.0 Å². The summed E-state index contributed by atoms with van der Waals surface area (Å²) in [6, 6.07) is 12.8. The fourth-order valence-electron chi connectivity index (χ4n) is 3.14. The Labute approximate surface area is 171 Å². The highest BCUT2D eigenvalue weighted by Gasteiger charge is 2.29. The number of amides is 2. The number of nitrogens with zero attached hydrogens (tertiary/aromatic N) is 1. The number of hydrogen-bond acceptors (Lipinski definition) is 3. The summed E-state index contributed by atoms with van der Waals surface area (Å²) in [5.74, 6) is -0.668. The van der Waals surface area contributed by atoms with Crippen molar-refractivity contribution in [1.82, 2.24) is 4.90 Å². The molecule has 0 spiro atoms. The first-order chi connectivity index (χ1) is 13.8. The van der Waals surface area contributed by atoms with Crippen LogP contribution in [0.25, 0.3) is 0 Å². The van der Waals surface area contributed by atoms with Crippen molar-refractivity contribution in [2.75, 3.05) is 11.9 Å². The molecule has 156 valence electrons. The zero-order chi connectivity index (χ0) is 21.4. The predicted octanol–water partition coefficient (Wildman–Crippen LogP) is 5.15. The van der Waals surface area contributed by atoms with Gasteiger partial charge in [0.15, 0.2) is 0 Å². The molecule has 0 unspecified atom stereocenters. The Morgan fingerprint density at radius 2 is 1.83 bits per heavy atom. The Morgan fingerprint density at radius 1 is 1.14 bits per heavy atom. The highest BCUT2D eigenvalue weighted by Crippen LogP contribution is 2.21. The van der Waals surface area contributed by atoms with E-state index in [4.69, 9.17) is 4.74 Å². The SMILES string of the molecule is CCOC(=O)C[C@@H](C(C)C)N(Cc1ccc(F)cc1)C(=O)Nc1cccc(C)c1. The first kappa shape index (κ1) is 22.4. The van der Waals surface area contributed by atoms with Crippen LogP contribution in [0.2, 0.25) is 0 Å². The lowest BCUT2D eigenvalue weighted by Crippen LogP contribution is -2.46. The third-order valence-corrected chi connectivity index (χ3v) is 4.65. The Hall–Kier alpha value is -2.89. The first-order valence-electron chi connectivity index (χ1n) is 9.84. The third-order valence-electron chi connectivity index (χ3n) is 4.65. The maximum absolute atomic E-state index is 13.3. The lowest BCUT2D eigenvalue weighted by atomic mass is 9.98. The van der Waals surface area contributed by atoms with Crippen molar-refractivity contribution >= 4 is 17.7 Å². The van der Waals surface area contributed by atoms with Crippen LogP contribution >= 0.6 is 0 Å². The summed E-state index contributed by atoms with van der Waals surface area (Å²) in [7, 11) is 0. The van der Waals surface area contributed by atoms with Crippen molar-refractivity contribution in [2.45, 2.75) is 46.7 Å². The van der Waals surface area contributed by atoms with Crippen LogP contribution in [0.4, 0.5) is 14.9 Å². The highest BCUT2D eigenvalue weighted by molar-refractivity contribution is 5.90. The van der Waals surface area contributed by atoms with E-state index in [1.807, 2.05) is 45.0 Å². The molecule has 0 radical (unpaired) electrons. The van der Waals surface area contributed by atoms with Crippen LogP contribution in [0.1, 0.15) is 38.3 Å². The molecule has 2 amide bonds. The van der Waals surface area contributed by atoms with Crippen LogP contribution in [0.3, 0.4) is 0 Å². The average Bonchev–Trinajstić information content (AvgIpc) is 2.66. The van der Waals surface area contributed by atoms with Crippen LogP contribution in [0.15, 0.2) is 48.5 Å². The second-order valence-corrected chi connectivity index (χ2v) is 7.37. The van der Waals surface area contributed by atoms with Gasteiger partial charge in [0.2, 0.25) is 0 Å². The molecule has 0 bridgehead atoms. The Balaban J connectivity index is 2.29. The summed E-state index contributed by atoms with van der Waals surface area (Å²) >= 11 is 0. The van der Waals surface area contributed by atoms with Crippen molar-refractivity contribution in [2.24, 2.45) is 5.92 Å². The fourth-order valence-corrected chi connectivity index (χ4v) is 3.14. The molecule has 2 aromatic carbocycles. The van der Waals surface area contributed by atoms with E-state index in [1.54, 1.807) is 24.0 Å². The van der Waals surface area contributed by atoms with Crippen LogP contribution in [-0.2, 0) is 16.1 Å². The molecule has 0 aliphatic heterocycles. The predicted molar refractivity (Wildman–Crippen MR) is 112 cm³/mol. The molecule has 1 atom stereocenters. The zero-order valence-electron chi connectivity index (χ0n) is 17.4. The molecule has 0 aliphatic rings. The van der Waals surface area contributed by atoms with E-state index in [0.717, 1.165) is 11.1 Å². The normalized spacial score (nSPS) is 11.8. The Morgan fingerprint density at radius 3 is 2.41 bits per heavy atom. The van der Waals surface area contributed by atoms with Crippen molar-refractivity contribution in [3.8, 4) is 0 Å². The van der Waals surface area contributed by atoms with Crippen LogP contribution in [0.5, 0.6) is 0 Å². The van der Waals surface area contributed by atoms with E-state index in [1.165, 1.54) is 12.1 Å². The minimum Gasteiger partial charge on any atom is -0.466 e. The third kappa shape index (κ3) is 6.89. The second-order valence-electron chi connectivity index (χ2n) is 7.37. The number of ether oxygens (including phenoxy) is 1. The van der Waals surface area contributed by atoms with E-state index < -0.39 is 0 Å². The molecule has 0 saturated carbocycles. The van der Waals surface area contributed by atoms with Gasteiger partial charge in [-0.15, -0.1) is 0 Å². The molecule has 0 aliphatic carbocycles. The Kier molecular flexibility index (Phi) is 8.19. The average molecular weight is 400 g/mol. The van der Waals surface area contributed by atoms with Gasteiger partial charge in [0.1, 0.15) is 5.82 Å². The van der Waals surface area contributed by atoms with Crippen LogP contribution < -0.4 is 5.32 Å². The Bertz CT molecular complexity index is 821. The molecule has 0 heterocycles. The lowest BCUT2D eigenvalue weighted by Gasteiger charge is -2.34. The second kappa shape index (κ2) is 10.6. The van der Waals surface area contributed by atoms with E-state index in [9.17, 15) is 14.0 Å². The number of benzene rings is 2. The van der Waals surface area contributed by atoms with Gasteiger partial charge >= 0.3 is 12.0 Å². The first-order valence-corrected chi connectivity index (χ1v) is 9.84. The molecule has 0 saturated heterocycles. The van der Waals surface area contributed by atoms with Gasteiger partial charge in [0.25, 0.3) is 0 Å². The number of rotatable bonds is 8. The van der Waals surface area contributed by atoms with Gasteiger partial charge in [-0.25, -0.2) is 9.18 Å². The van der Waals surface area contributed by atoms with E-state index in [-0.39, 0.29) is 49.3 Å². The van der Waals surface area contributed by atoms with Crippen molar-refractivity contribution < 1.29 is 18.7 Å². The monoisotopic (exact) mass is 400 g/mol. The van der Waals surface area contributed by atoms with Crippen LogP contribution in [-0.4, -0.2) is 29.5 Å². The smallest absolute Gasteiger partial charge is 0.322 e. The highest BCUT2D eigenvalue weighted by atomic mass is 19.1. The quantitative estimate of drug-likeness (QED) is 0.624. The van der Waals surface area contributed by atoms with Crippen molar-refractivity contribution in [1.29, 1.82) is 0 Å². The van der Waals surface area contributed by atoms with Gasteiger partial charge in [-0.3, -0.25) is 4.79 Å². The number of anilines is 1. The summed E-state index contributed by atoms with van der Waals surface area (Å²) in [4.78, 5) is 26.9. The maximum atomic E-state index is 13.3. The maximum Gasteiger partial charge on any atom is 0.322 e. The van der Waals surface area contributed by atoms with Gasteiger partial charge in [-0.05, 0) is 55.2 Å². The van der Waals surface area contributed by atoms with Crippen molar-refractivity contribution in [3.05, 3.63) is 65.5 Å². The summed E-state index contributed by atoms with van der Waals surface area (Å²) in [5, 5.41) is 2.92. The van der Waals surface area contributed by atoms with Crippen LogP contribution in [0, 0.1) is 18.7 Å². The van der Waals surface area contributed by atoms with Crippen molar-refractivity contribution in [3.63, 3.8) is 0 Å². The molecule has 0 fully saturated rings. The minimum absolute atomic E-state index is 0.0168. The number of nitrogens with one attached hydrogen (secondary N) is 1. The molecule has 5 nitrogen and oxygen atoms in total. The summed E-state index contributed by atoms with van der Waals surface area (Å²) in [5.41, 5.74) is 2.48. The molecule has 0 aromatic heterocycles. The van der Waals surface area contributed by atoms with Gasteiger partial charge in [-0.1, -0.05) is 38.1 Å². The molecule has 1 N–H and O–H groups in total. The molecule has 2 rings (SSSR count). The number of carbonyl (C=O) groups is 2. The molecule has 29 heavy (non-hydrogen) atoms. The minimum atomic E-state index is -0.371. The fraction of sp³-hybridized carbons (Fsp3) is 0.391. The zero-order valence-corrected chi connectivity index (χ0v) is 17.4.